The maximum atomic E-state index is 13.8. The van der Waals surface area contributed by atoms with E-state index in [4.69, 9.17) is 22.7 Å². The molecular weight excluding hydrogens is 251 g/mol. The number of benzene rings is 1. The summed E-state index contributed by atoms with van der Waals surface area (Å²) < 4.78 is 19.5. The molecule has 0 atom stereocenters. The van der Waals surface area contributed by atoms with Gasteiger partial charge in [-0.1, -0.05) is 18.3 Å². The first-order valence-electron chi connectivity index (χ1n) is 5.88. The van der Waals surface area contributed by atoms with Crippen LogP contribution in [0.1, 0.15) is 19.4 Å². The Bertz CT molecular complexity index is 476. The molecule has 1 aliphatic rings. The fourth-order valence-electron chi connectivity index (χ4n) is 2.24. The molecule has 2 rings (SSSR count). The van der Waals surface area contributed by atoms with Gasteiger partial charge in [0.1, 0.15) is 10.8 Å². The van der Waals surface area contributed by atoms with Gasteiger partial charge in [-0.25, -0.2) is 4.39 Å². The molecule has 1 saturated heterocycles. The molecule has 1 fully saturated rings. The highest BCUT2D eigenvalue weighted by molar-refractivity contribution is 7.80. The Morgan fingerprint density at radius 3 is 2.83 bits per heavy atom. The van der Waals surface area contributed by atoms with Crippen molar-refractivity contribution in [2.45, 2.75) is 19.4 Å². The number of nitrogens with zero attached hydrogens (tertiary/aromatic N) is 1. The van der Waals surface area contributed by atoms with Crippen LogP contribution in [0, 0.1) is 5.82 Å². The topological polar surface area (TPSA) is 38.5 Å². The first-order chi connectivity index (χ1) is 8.41. The Labute approximate surface area is 112 Å². The SMILES string of the molecule is CC1(C)CN(c2cccc(F)c2C(N)=S)CCO1. The van der Waals surface area contributed by atoms with Crippen LogP contribution >= 0.6 is 12.2 Å². The third-order valence-corrected chi connectivity index (χ3v) is 3.21. The number of thiocarbonyl (C=S) groups is 1. The highest BCUT2D eigenvalue weighted by Gasteiger charge is 2.29. The van der Waals surface area contributed by atoms with E-state index < -0.39 is 0 Å². The highest BCUT2D eigenvalue weighted by atomic mass is 32.1. The van der Waals surface area contributed by atoms with Gasteiger partial charge in [0.05, 0.1) is 23.5 Å². The Balaban J connectivity index is 2.39. The van der Waals surface area contributed by atoms with Crippen molar-refractivity contribution in [1.29, 1.82) is 0 Å². The van der Waals surface area contributed by atoms with Gasteiger partial charge in [0, 0.05) is 13.1 Å². The van der Waals surface area contributed by atoms with Crippen molar-refractivity contribution >= 4 is 22.9 Å². The minimum absolute atomic E-state index is 0.0902. The van der Waals surface area contributed by atoms with Gasteiger partial charge in [-0.05, 0) is 26.0 Å². The average Bonchev–Trinajstić information content (AvgIpc) is 2.26. The van der Waals surface area contributed by atoms with Gasteiger partial charge in [0.25, 0.3) is 0 Å². The van der Waals surface area contributed by atoms with Crippen LogP contribution in [0.3, 0.4) is 0 Å². The summed E-state index contributed by atoms with van der Waals surface area (Å²) in [6.45, 7) is 6.03. The van der Waals surface area contributed by atoms with E-state index in [2.05, 4.69) is 4.90 Å². The summed E-state index contributed by atoms with van der Waals surface area (Å²) in [5, 5.41) is 0. The molecular formula is C13H17FN2OS. The predicted octanol–water partition coefficient (Wildman–Crippen LogP) is 2.08. The van der Waals surface area contributed by atoms with E-state index in [1.54, 1.807) is 6.07 Å². The largest absolute Gasteiger partial charge is 0.389 e. The minimum Gasteiger partial charge on any atom is -0.389 e. The van der Waals surface area contributed by atoms with Crippen molar-refractivity contribution in [3.8, 4) is 0 Å². The van der Waals surface area contributed by atoms with Crippen LogP contribution in [0.15, 0.2) is 18.2 Å². The Kier molecular flexibility index (Phi) is 3.54. The summed E-state index contributed by atoms with van der Waals surface area (Å²) in [5.41, 5.74) is 6.44. The summed E-state index contributed by atoms with van der Waals surface area (Å²) in [6, 6.07) is 4.90. The number of rotatable bonds is 2. The average molecular weight is 268 g/mol. The fraction of sp³-hybridized carbons (Fsp3) is 0.462. The van der Waals surface area contributed by atoms with Gasteiger partial charge in [-0.15, -0.1) is 0 Å². The molecule has 18 heavy (non-hydrogen) atoms. The molecule has 1 aromatic rings. The number of nitrogens with two attached hydrogens (primary N) is 1. The van der Waals surface area contributed by atoms with Crippen molar-refractivity contribution in [2.75, 3.05) is 24.6 Å². The zero-order valence-corrected chi connectivity index (χ0v) is 11.4. The zero-order chi connectivity index (χ0) is 13.3. The third-order valence-electron chi connectivity index (χ3n) is 3.00. The van der Waals surface area contributed by atoms with Gasteiger partial charge in [-0.3, -0.25) is 0 Å². The van der Waals surface area contributed by atoms with Gasteiger partial charge in [-0.2, -0.15) is 0 Å². The molecule has 0 aromatic heterocycles. The van der Waals surface area contributed by atoms with Crippen LogP contribution in [0.5, 0.6) is 0 Å². The molecule has 0 aliphatic carbocycles. The van der Waals surface area contributed by atoms with E-state index in [9.17, 15) is 4.39 Å². The minimum atomic E-state index is -0.371. The summed E-state index contributed by atoms with van der Waals surface area (Å²) in [5.74, 6) is -0.371. The highest BCUT2D eigenvalue weighted by Crippen LogP contribution is 2.27. The molecule has 0 unspecified atom stereocenters. The lowest BCUT2D eigenvalue weighted by molar-refractivity contribution is -0.0277. The summed E-state index contributed by atoms with van der Waals surface area (Å²) in [4.78, 5) is 2.16. The van der Waals surface area contributed by atoms with Crippen molar-refractivity contribution in [3.63, 3.8) is 0 Å². The molecule has 0 amide bonds. The summed E-state index contributed by atoms with van der Waals surface area (Å²) in [6.07, 6.45) is 0. The molecule has 98 valence electrons. The van der Waals surface area contributed by atoms with Crippen LogP contribution in [-0.2, 0) is 4.74 Å². The summed E-state index contributed by atoms with van der Waals surface area (Å²) >= 11 is 4.94. The number of hydrogen-bond acceptors (Lipinski definition) is 3. The maximum absolute atomic E-state index is 13.8. The van der Waals surface area contributed by atoms with Crippen LogP contribution in [0.25, 0.3) is 0 Å². The van der Waals surface area contributed by atoms with Gasteiger partial charge in [0.15, 0.2) is 0 Å². The normalized spacial score (nSPS) is 18.7. The second-order valence-corrected chi connectivity index (χ2v) is 5.47. The molecule has 2 N–H and O–H groups in total. The van der Waals surface area contributed by atoms with Crippen molar-refractivity contribution in [2.24, 2.45) is 5.73 Å². The van der Waals surface area contributed by atoms with Gasteiger partial charge < -0.3 is 15.4 Å². The number of ether oxygens (including phenoxy) is 1. The molecule has 1 aromatic carbocycles. The first kappa shape index (κ1) is 13.2. The van der Waals surface area contributed by atoms with Crippen LogP contribution in [-0.4, -0.2) is 30.3 Å². The number of morpholine rings is 1. The van der Waals surface area contributed by atoms with Gasteiger partial charge >= 0.3 is 0 Å². The van der Waals surface area contributed by atoms with Crippen molar-refractivity contribution < 1.29 is 9.13 Å². The molecule has 1 aliphatic heterocycles. The van der Waals surface area contributed by atoms with Gasteiger partial charge in [0.2, 0.25) is 0 Å². The molecule has 0 radical (unpaired) electrons. The van der Waals surface area contributed by atoms with E-state index >= 15 is 0 Å². The summed E-state index contributed by atoms with van der Waals surface area (Å²) in [7, 11) is 0. The molecule has 1 heterocycles. The lowest BCUT2D eigenvalue weighted by Crippen LogP contribution is -2.49. The van der Waals surface area contributed by atoms with E-state index in [1.807, 2.05) is 19.9 Å². The first-order valence-corrected chi connectivity index (χ1v) is 6.29. The zero-order valence-electron chi connectivity index (χ0n) is 10.6. The smallest absolute Gasteiger partial charge is 0.135 e. The van der Waals surface area contributed by atoms with E-state index in [0.29, 0.717) is 25.3 Å². The number of hydrogen-bond donors (Lipinski definition) is 1. The second kappa shape index (κ2) is 4.82. The van der Waals surface area contributed by atoms with Crippen molar-refractivity contribution in [1.82, 2.24) is 0 Å². The number of halogens is 1. The molecule has 3 nitrogen and oxygen atoms in total. The molecule has 0 spiro atoms. The molecule has 0 bridgehead atoms. The lowest BCUT2D eigenvalue weighted by Gasteiger charge is -2.40. The second-order valence-electron chi connectivity index (χ2n) is 5.03. The fourth-order valence-corrected chi connectivity index (χ4v) is 2.44. The lowest BCUT2D eigenvalue weighted by atomic mass is 10.0. The maximum Gasteiger partial charge on any atom is 0.135 e. The standard InChI is InChI=1S/C13H17FN2OS/c1-13(2)8-16(6-7-17-13)10-5-3-4-9(14)11(10)12(15)18/h3-5H,6-8H2,1-2H3,(H2,15,18). The molecule has 0 saturated carbocycles. The Morgan fingerprint density at radius 1 is 1.50 bits per heavy atom. The van der Waals surface area contributed by atoms with Crippen LogP contribution in [0.2, 0.25) is 0 Å². The predicted molar refractivity (Wildman–Crippen MR) is 74.5 cm³/mol. The Morgan fingerprint density at radius 2 is 2.22 bits per heavy atom. The molecule has 5 heteroatoms. The quantitative estimate of drug-likeness (QED) is 0.833. The van der Waals surface area contributed by atoms with E-state index in [0.717, 1.165) is 5.69 Å². The number of anilines is 1. The monoisotopic (exact) mass is 268 g/mol. The van der Waals surface area contributed by atoms with E-state index in [1.165, 1.54) is 6.07 Å². The van der Waals surface area contributed by atoms with Crippen LogP contribution < -0.4 is 10.6 Å². The van der Waals surface area contributed by atoms with Crippen LogP contribution in [0.4, 0.5) is 10.1 Å². The Hall–Kier alpha value is -1.20. The van der Waals surface area contributed by atoms with E-state index in [-0.39, 0.29) is 16.4 Å². The third kappa shape index (κ3) is 2.62. The van der Waals surface area contributed by atoms with Crippen molar-refractivity contribution in [3.05, 3.63) is 29.6 Å².